The maximum atomic E-state index is 11.6. The molecule has 1 N–H and O–H groups in total. The lowest BCUT2D eigenvalue weighted by Gasteiger charge is -2.22. The van der Waals surface area contributed by atoms with Crippen molar-refractivity contribution in [3.8, 4) is 0 Å². The average Bonchev–Trinajstić information content (AvgIpc) is 2.44. The minimum atomic E-state index is -0.647. The summed E-state index contributed by atoms with van der Waals surface area (Å²) >= 11 is 0. The van der Waals surface area contributed by atoms with Gasteiger partial charge in [0.25, 0.3) is 0 Å². The topological polar surface area (TPSA) is 71.5 Å². The van der Waals surface area contributed by atoms with Gasteiger partial charge in [0.15, 0.2) is 0 Å². The fourth-order valence-electron chi connectivity index (χ4n) is 1.82. The number of hydrogen-bond acceptors (Lipinski definition) is 5. The smallest absolute Gasteiger partial charge is 0.329 e. The van der Waals surface area contributed by atoms with Crippen molar-refractivity contribution in [2.75, 3.05) is 27.2 Å². The zero-order valence-electron chi connectivity index (χ0n) is 12.1. The molecule has 0 spiro atoms. The summed E-state index contributed by atoms with van der Waals surface area (Å²) in [5, 5.41) is 2.59. The van der Waals surface area contributed by atoms with Crippen LogP contribution in [0.1, 0.15) is 12.6 Å². The van der Waals surface area contributed by atoms with Gasteiger partial charge in [-0.3, -0.25) is 9.78 Å². The first-order valence-electron chi connectivity index (χ1n) is 6.46. The Morgan fingerprint density at radius 2 is 2.20 bits per heavy atom. The van der Waals surface area contributed by atoms with E-state index in [0.29, 0.717) is 6.54 Å². The number of nitrogens with zero attached hydrogens (tertiary/aromatic N) is 2. The summed E-state index contributed by atoms with van der Waals surface area (Å²) in [6.45, 7) is 2.52. The van der Waals surface area contributed by atoms with E-state index in [1.54, 1.807) is 6.20 Å². The third-order valence-corrected chi connectivity index (χ3v) is 2.83. The lowest BCUT2D eigenvalue weighted by molar-refractivity contribution is -0.145. The predicted molar refractivity (Wildman–Crippen MR) is 75.1 cm³/mol. The predicted octanol–water partition coefficient (Wildman–Crippen LogP) is 0.234. The van der Waals surface area contributed by atoms with Crippen LogP contribution in [0.25, 0.3) is 0 Å². The highest BCUT2D eigenvalue weighted by Gasteiger charge is 2.21. The number of likely N-dealkylation sites (N-methyl/N-ethyl adjacent to an activating group) is 1. The molecule has 1 aromatic rings. The maximum Gasteiger partial charge on any atom is 0.329 e. The fraction of sp³-hybridized carbons (Fsp3) is 0.500. The van der Waals surface area contributed by atoms with Crippen LogP contribution in [0, 0.1) is 0 Å². The zero-order chi connectivity index (χ0) is 15.0. The first-order chi connectivity index (χ1) is 9.52. The number of ether oxygens (including phenoxy) is 1. The van der Waals surface area contributed by atoms with Crippen LogP contribution >= 0.6 is 0 Å². The van der Waals surface area contributed by atoms with E-state index >= 15 is 0 Å². The van der Waals surface area contributed by atoms with E-state index in [1.165, 1.54) is 14.0 Å². The van der Waals surface area contributed by atoms with Gasteiger partial charge in [0.2, 0.25) is 5.91 Å². The van der Waals surface area contributed by atoms with Crippen LogP contribution in [-0.2, 0) is 20.7 Å². The largest absolute Gasteiger partial charge is 0.467 e. The lowest BCUT2D eigenvalue weighted by atomic mass is 10.2. The molecule has 0 radical (unpaired) electrons. The van der Waals surface area contributed by atoms with E-state index in [0.717, 1.165) is 18.7 Å². The number of carbonyl (C=O) groups is 2. The minimum absolute atomic E-state index is 0.251. The van der Waals surface area contributed by atoms with Gasteiger partial charge in [0, 0.05) is 38.3 Å². The van der Waals surface area contributed by atoms with E-state index in [-0.39, 0.29) is 5.91 Å². The van der Waals surface area contributed by atoms with Gasteiger partial charge >= 0.3 is 5.97 Å². The van der Waals surface area contributed by atoms with Gasteiger partial charge in [0.1, 0.15) is 6.04 Å². The van der Waals surface area contributed by atoms with Crippen LogP contribution in [0.2, 0.25) is 0 Å². The van der Waals surface area contributed by atoms with Gasteiger partial charge in [-0.05, 0) is 19.2 Å². The van der Waals surface area contributed by atoms with Crippen LogP contribution < -0.4 is 5.32 Å². The summed E-state index contributed by atoms with van der Waals surface area (Å²) in [4.78, 5) is 28.9. The van der Waals surface area contributed by atoms with Crippen LogP contribution in [0.3, 0.4) is 0 Å². The Hall–Kier alpha value is -1.95. The Balaban J connectivity index is 2.47. The van der Waals surface area contributed by atoms with Crippen molar-refractivity contribution < 1.29 is 14.3 Å². The highest BCUT2D eigenvalue weighted by Crippen LogP contribution is 1.98. The zero-order valence-corrected chi connectivity index (χ0v) is 12.1. The van der Waals surface area contributed by atoms with E-state index < -0.39 is 12.0 Å². The molecular weight excluding hydrogens is 258 g/mol. The van der Waals surface area contributed by atoms with Crippen LogP contribution in [0.15, 0.2) is 24.4 Å². The van der Waals surface area contributed by atoms with Crippen molar-refractivity contribution in [1.82, 2.24) is 15.2 Å². The molecule has 0 fully saturated rings. The van der Waals surface area contributed by atoms with Crippen molar-refractivity contribution in [2.45, 2.75) is 19.4 Å². The first kappa shape index (κ1) is 16.1. The second-order valence-corrected chi connectivity index (χ2v) is 4.61. The summed E-state index contributed by atoms with van der Waals surface area (Å²) in [6.07, 6.45) is 2.54. The van der Waals surface area contributed by atoms with Gasteiger partial charge in [-0.2, -0.15) is 0 Å². The SMILES string of the molecule is COC(=O)C(CN(C)CCc1ccccn1)NC(C)=O. The van der Waals surface area contributed by atoms with Gasteiger partial charge in [-0.1, -0.05) is 6.07 Å². The highest BCUT2D eigenvalue weighted by molar-refractivity contribution is 5.83. The Morgan fingerprint density at radius 3 is 2.75 bits per heavy atom. The molecule has 20 heavy (non-hydrogen) atoms. The maximum absolute atomic E-state index is 11.6. The van der Waals surface area contributed by atoms with E-state index in [2.05, 4.69) is 15.0 Å². The number of carbonyl (C=O) groups excluding carboxylic acids is 2. The third-order valence-electron chi connectivity index (χ3n) is 2.83. The molecule has 0 aliphatic heterocycles. The number of hydrogen-bond donors (Lipinski definition) is 1. The normalized spacial score (nSPS) is 12.0. The summed E-state index contributed by atoms with van der Waals surface area (Å²) in [6, 6.07) is 5.12. The van der Waals surface area contributed by atoms with Crippen LogP contribution in [0.4, 0.5) is 0 Å². The molecule has 0 aliphatic rings. The molecule has 0 aromatic carbocycles. The van der Waals surface area contributed by atoms with Crippen molar-refractivity contribution in [2.24, 2.45) is 0 Å². The fourth-order valence-corrected chi connectivity index (χ4v) is 1.82. The molecular formula is C14H21N3O3. The standard InChI is InChI=1S/C14H21N3O3/c1-11(18)16-13(14(19)20-3)10-17(2)9-7-12-6-4-5-8-15-12/h4-6,8,13H,7,9-10H2,1-3H3,(H,16,18). The quantitative estimate of drug-likeness (QED) is 0.724. The molecule has 6 heteroatoms. The third kappa shape index (κ3) is 5.79. The minimum Gasteiger partial charge on any atom is -0.467 e. The average molecular weight is 279 g/mol. The number of pyridine rings is 1. The summed E-state index contributed by atoms with van der Waals surface area (Å²) < 4.78 is 4.68. The highest BCUT2D eigenvalue weighted by atomic mass is 16.5. The number of nitrogens with one attached hydrogen (secondary N) is 1. The van der Waals surface area contributed by atoms with Crippen molar-refractivity contribution >= 4 is 11.9 Å². The van der Waals surface area contributed by atoms with Gasteiger partial charge in [0.05, 0.1) is 7.11 Å². The molecule has 1 amide bonds. The van der Waals surface area contributed by atoms with Gasteiger partial charge in [-0.15, -0.1) is 0 Å². The second-order valence-electron chi connectivity index (χ2n) is 4.61. The molecule has 0 saturated heterocycles. The number of amides is 1. The van der Waals surface area contributed by atoms with Crippen molar-refractivity contribution in [3.63, 3.8) is 0 Å². The lowest BCUT2D eigenvalue weighted by Crippen LogP contribution is -2.47. The molecule has 0 saturated carbocycles. The van der Waals surface area contributed by atoms with E-state index in [9.17, 15) is 9.59 Å². The Bertz CT molecular complexity index is 437. The summed E-state index contributed by atoms with van der Waals surface area (Å²) in [7, 11) is 3.20. The molecule has 110 valence electrons. The van der Waals surface area contributed by atoms with Crippen molar-refractivity contribution in [3.05, 3.63) is 30.1 Å². The number of aromatic nitrogens is 1. The monoisotopic (exact) mass is 279 g/mol. The Kier molecular flexibility index (Phi) is 6.66. The van der Waals surface area contributed by atoms with Gasteiger partial charge < -0.3 is 15.0 Å². The summed E-state index contributed by atoms with van der Waals surface area (Å²) in [5.41, 5.74) is 0.994. The number of methoxy groups -OCH3 is 1. The van der Waals surface area contributed by atoms with Crippen LogP contribution in [-0.4, -0.2) is 55.0 Å². The number of esters is 1. The van der Waals surface area contributed by atoms with Crippen LogP contribution in [0.5, 0.6) is 0 Å². The number of rotatable bonds is 7. The van der Waals surface area contributed by atoms with E-state index in [4.69, 9.17) is 0 Å². The first-order valence-corrected chi connectivity index (χ1v) is 6.46. The Morgan fingerprint density at radius 1 is 1.45 bits per heavy atom. The molecule has 0 aliphatic carbocycles. The molecule has 1 rings (SSSR count). The van der Waals surface area contributed by atoms with Gasteiger partial charge in [-0.25, -0.2) is 4.79 Å². The molecule has 1 aromatic heterocycles. The Labute approximate surface area is 119 Å². The molecule has 0 bridgehead atoms. The molecule has 1 heterocycles. The summed E-state index contributed by atoms with van der Waals surface area (Å²) in [5.74, 6) is -0.691. The molecule has 1 atom stereocenters. The van der Waals surface area contributed by atoms with E-state index in [1.807, 2.05) is 30.1 Å². The van der Waals surface area contributed by atoms with Crippen molar-refractivity contribution in [1.29, 1.82) is 0 Å². The second kappa shape index (κ2) is 8.27. The molecule has 1 unspecified atom stereocenters. The molecule has 6 nitrogen and oxygen atoms in total.